The molecular formula is C16H10BrClN2O2. The molecular weight excluding hydrogens is 368 g/mol. The minimum Gasteiger partial charge on any atom is -0.436 e. The Morgan fingerprint density at radius 2 is 2.00 bits per heavy atom. The standard InChI is InChI=1S/C16H10BrClN2O2/c17-11-1-4-13(5-2-11)19-8-10(9-21)16-20-14-7-12(18)3-6-15(14)22-16/h1-9,19H/b10-8-. The molecule has 0 saturated heterocycles. The summed E-state index contributed by atoms with van der Waals surface area (Å²) in [6.07, 6.45) is 2.25. The summed E-state index contributed by atoms with van der Waals surface area (Å²) in [5, 5.41) is 3.60. The predicted octanol–water partition coefficient (Wildman–Crippen LogP) is 4.90. The summed E-state index contributed by atoms with van der Waals surface area (Å²) in [6.45, 7) is 0. The zero-order chi connectivity index (χ0) is 15.5. The Bertz CT molecular complexity index is 856. The van der Waals surface area contributed by atoms with Crippen LogP contribution in [0.1, 0.15) is 5.89 Å². The smallest absolute Gasteiger partial charge is 0.232 e. The van der Waals surface area contributed by atoms with Crippen LogP contribution in [0.15, 0.2) is 57.6 Å². The number of hydrogen-bond donors (Lipinski definition) is 1. The van der Waals surface area contributed by atoms with E-state index in [-0.39, 0.29) is 5.89 Å². The van der Waals surface area contributed by atoms with Crippen molar-refractivity contribution in [2.75, 3.05) is 5.32 Å². The zero-order valence-electron chi connectivity index (χ0n) is 11.2. The lowest BCUT2D eigenvalue weighted by atomic mass is 10.3. The SMILES string of the molecule is O=C/C(=C/Nc1ccc(Br)cc1)c1nc2cc(Cl)ccc2o1. The van der Waals surface area contributed by atoms with Gasteiger partial charge in [0.2, 0.25) is 5.89 Å². The number of allylic oxidation sites excluding steroid dienone is 1. The number of anilines is 1. The molecule has 1 N–H and O–H groups in total. The molecule has 3 aromatic rings. The van der Waals surface area contributed by atoms with Crippen molar-refractivity contribution in [3.63, 3.8) is 0 Å². The molecule has 1 heterocycles. The third kappa shape index (κ3) is 3.21. The zero-order valence-corrected chi connectivity index (χ0v) is 13.6. The molecule has 6 heteroatoms. The normalized spacial score (nSPS) is 11.6. The molecule has 0 aliphatic carbocycles. The van der Waals surface area contributed by atoms with Gasteiger partial charge in [0, 0.05) is 21.4 Å². The Balaban J connectivity index is 1.89. The number of nitrogens with one attached hydrogen (secondary N) is 1. The first-order chi connectivity index (χ1) is 10.7. The molecule has 0 radical (unpaired) electrons. The van der Waals surface area contributed by atoms with Crippen molar-refractivity contribution in [2.24, 2.45) is 0 Å². The first-order valence-electron chi connectivity index (χ1n) is 6.39. The van der Waals surface area contributed by atoms with E-state index in [1.165, 1.54) is 0 Å². The molecule has 0 saturated carbocycles. The van der Waals surface area contributed by atoms with E-state index < -0.39 is 0 Å². The second kappa shape index (κ2) is 6.34. The summed E-state index contributed by atoms with van der Waals surface area (Å²) >= 11 is 9.28. The van der Waals surface area contributed by atoms with Crippen molar-refractivity contribution < 1.29 is 9.21 Å². The topological polar surface area (TPSA) is 55.1 Å². The van der Waals surface area contributed by atoms with E-state index in [1.54, 1.807) is 24.4 Å². The molecule has 0 aliphatic heterocycles. The van der Waals surface area contributed by atoms with E-state index in [2.05, 4.69) is 26.2 Å². The largest absolute Gasteiger partial charge is 0.436 e. The Morgan fingerprint density at radius 1 is 1.23 bits per heavy atom. The number of carbonyl (C=O) groups is 1. The number of fused-ring (bicyclic) bond motifs is 1. The number of hydrogen-bond acceptors (Lipinski definition) is 4. The van der Waals surface area contributed by atoms with Crippen molar-refractivity contribution >= 4 is 56.2 Å². The van der Waals surface area contributed by atoms with Crippen molar-refractivity contribution in [1.82, 2.24) is 4.98 Å². The molecule has 1 aromatic heterocycles. The highest BCUT2D eigenvalue weighted by molar-refractivity contribution is 9.10. The molecule has 0 bridgehead atoms. The van der Waals surface area contributed by atoms with Crippen molar-refractivity contribution in [1.29, 1.82) is 0 Å². The van der Waals surface area contributed by atoms with Gasteiger partial charge in [-0.3, -0.25) is 4.79 Å². The number of aromatic nitrogens is 1. The summed E-state index contributed by atoms with van der Waals surface area (Å²) in [5.41, 5.74) is 2.35. The molecule has 0 spiro atoms. The molecule has 0 aliphatic rings. The lowest BCUT2D eigenvalue weighted by molar-refractivity contribution is -0.103. The van der Waals surface area contributed by atoms with Gasteiger partial charge in [0.05, 0.1) is 5.57 Å². The van der Waals surface area contributed by atoms with Gasteiger partial charge in [-0.25, -0.2) is 4.98 Å². The van der Waals surface area contributed by atoms with Gasteiger partial charge in [0.1, 0.15) is 5.52 Å². The van der Waals surface area contributed by atoms with Crippen molar-refractivity contribution in [3.05, 3.63) is 64.1 Å². The number of benzene rings is 2. The molecule has 0 unspecified atom stereocenters. The number of nitrogens with zero attached hydrogens (tertiary/aromatic N) is 1. The first kappa shape index (κ1) is 14.8. The Hall–Kier alpha value is -2.11. The van der Waals surface area contributed by atoms with Crippen LogP contribution in [-0.2, 0) is 4.79 Å². The summed E-state index contributed by atoms with van der Waals surface area (Å²) in [6, 6.07) is 12.7. The minimum atomic E-state index is 0.247. The van der Waals surface area contributed by atoms with Crippen molar-refractivity contribution in [2.45, 2.75) is 0 Å². The minimum absolute atomic E-state index is 0.247. The van der Waals surface area contributed by atoms with E-state index in [0.717, 1.165) is 10.2 Å². The Labute approximate surface area is 139 Å². The molecule has 2 aromatic carbocycles. The average Bonchev–Trinajstić information content (AvgIpc) is 2.92. The first-order valence-corrected chi connectivity index (χ1v) is 7.57. The molecule has 0 fully saturated rings. The van der Waals surface area contributed by atoms with Gasteiger partial charge in [-0.2, -0.15) is 0 Å². The van der Waals surface area contributed by atoms with Gasteiger partial charge in [0.15, 0.2) is 11.9 Å². The van der Waals surface area contributed by atoms with Gasteiger partial charge >= 0.3 is 0 Å². The van der Waals surface area contributed by atoms with Crippen molar-refractivity contribution in [3.8, 4) is 0 Å². The van der Waals surface area contributed by atoms with Gasteiger partial charge in [0.25, 0.3) is 0 Å². The fourth-order valence-corrected chi connectivity index (χ4v) is 2.31. The monoisotopic (exact) mass is 376 g/mol. The average molecular weight is 378 g/mol. The number of aldehydes is 1. The fourth-order valence-electron chi connectivity index (χ4n) is 1.88. The van der Waals surface area contributed by atoms with Crippen LogP contribution >= 0.6 is 27.5 Å². The quantitative estimate of drug-likeness (QED) is 0.519. The van der Waals surface area contributed by atoms with Crippen LogP contribution in [0.5, 0.6) is 0 Å². The highest BCUT2D eigenvalue weighted by Crippen LogP contribution is 2.23. The Kier molecular flexibility index (Phi) is 4.27. The predicted molar refractivity (Wildman–Crippen MR) is 90.8 cm³/mol. The van der Waals surface area contributed by atoms with Crippen LogP contribution in [0.2, 0.25) is 5.02 Å². The van der Waals surface area contributed by atoms with Gasteiger partial charge in [-0.05, 0) is 42.5 Å². The maximum atomic E-state index is 11.3. The maximum absolute atomic E-state index is 11.3. The second-order valence-electron chi connectivity index (χ2n) is 4.50. The van der Waals surface area contributed by atoms with Crippen LogP contribution in [0.4, 0.5) is 5.69 Å². The summed E-state index contributed by atoms with van der Waals surface area (Å²) in [4.78, 5) is 15.6. The molecule has 4 nitrogen and oxygen atoms in total. The van der Waals surface area contributed by atoms with Crippen LogP contribution in [-0.4, -0.2) is 11.3 Å². The number of oxazole rings is 1. The number of rotatable bonds is 4. The third-order valence-electron chi connectivity index (χ3n) is 2.96. The molecule has 0 amide bonds. The molecule has 110 valence electrons. The van der Waals surface area contributed by atoms with Gasteiger partial charge in [-0.1, -0.05) is 27.5 Å². The lowest BCUT2D eigenvalue weighted by Gasteiger charge is -2.01. The Morgan fingerprint density at radius 3 is 2.73 bits per heavy atom. The highest BCUT2D eigenvalue weighted by atomic mass is 79.9. The van der Waals surface area contributed by atoms with E-state index in [4.69, 9.17) is 16.0 Å². The fraction of sp³-hybridized carbons (Fsp3) is 0. The number of carbonyl (C=O) groups excluding carboxylic acids is 1. The molecule has 3 rings (SSSR count). The lowest BCUT2D eigenvalue weighted by Crippen LogP contribution is -1.93. The van der Waals surface area contributed by atoms with E-state index >= 15 is 0 Å². The van der Waals surface area contributed by atoms with E-state index in [0.29, 0.717) is 28.0 Å². The van der Waals surface area contributed by atoms with Crippen LogP contribution in [0.3, 0.4) is 0 Å². The van der Waals surface area contributed by atoms with E-state index in [1.807, 2.05) is 24.3 Å². The van der Waals surface area contributed by atoms with E-state index in [9.17, 15) is 4.79 Å². The third-order valence-corrected chi connectivity index (χ3v) is 3.73. The summed E-state index contributed by atoms with van der Waals surface area (Å²) in [5.74, 6) is 0.247. The van der Waals surface area contributed by atoms with Crippen LogP contribution in [0, 0.1) is 0 Å². The maximum Gasteiger partial charge on any atom is 0.232 e. The van der Waals surface area contributed by atoms with Crippen LogP contribution < -0.4 is 5.32 Å². The summed E-state index contributed by atoms with van der Waals surface area (Å²) < 4.78 is 6.55. The van der Waals surface area contributed by atoms with Crippen LogP contribution in [0.25, 0.3) is 16.7 Å². The van der Waals surface area contributed by atoms with Gasteiger partial charge < -0.3 is 9.73 Å². The van der Waals surface area contributed by atoms with Gasteiger partial charge in [-0.15, -0.1) is 0 Å². The highest BCUT2D eigenvalue weighted by Gasteiger charge is 2.10. The molecule has 22 heavy (non-hydrogen) atoms. The molecule has 0 atom stereocenters. The summed E-state index contributed by atoms with van der Waals surface area (Å²) in [7, 11) is 0. The number of halogens is 2. The second-order valence-corrected chi connectivity index (χ2v) is 5.85.